The number of hydrogen-bond acceptors (Lipinski definition) is 1. The number of ether oxygens (including phenoxy) is 1. The molecule has 2 aromatic rings. The van der Waals surface area contributed by atoms with Crippen molar-refractivity contribution in [1.29, 1.82) is 0 Å². The summed E-state index contributed by atoms with van der Waals surface area (Å²) in [5.74, 6) is 0.903. The van der Waals surface area contributed by atoms with Gasteiger partial charge in [0.15, 0.2) is 0 Å². The van der Waals surface area contributed by atoms with Crippen molar-refractivity contribution in [2.75, 3.05) is 0 Å². The molecular weight excluding hydrogens is 300 g/mol. The topological polar surface area (TPSA) is 9.23 Å². The quantitative estimate of drug-likeness (QED) is 0.727. The molecule has 1 nitrogen and oxygen atoms in total. The summed E-state index contributed by atoms with van der Waals surface area (Å²) >= 11 is 3.58. The first-order valence-electron chi connectivity index (χ1n) is 6.66. The minimum absolute atomic E-state index is 0.603. The number of aryl methyl sites for hydroxylation is 2. The largest absolute Gasteiger partial charge is 0.488 e. The third-order valence-corrected chi connectivity index (χ3v) is 3.67. The maximum Gasteiger partial charge on any atom is 0.134 e. The molecule has 0 N–H and O–H groups in total. The van der Waals surface area contributed by atoms with E-state index in [4.69, 9.17) is 4.74 Å². The van der Waals surface area contributed by atoms with Gasteiger partial charge in [-0.15, -0.1) is 0 Å². The smallest absolute Gasteiger partial charge is 0.134 e. The molecule has 0 heterocycles. The van der Waals surface area contributed by atoms with E-state index in [2.05, 4.69) is 66.2 Å². The molecule has 0 fully saturated rings. The molecule has 0 saturated heterocycles. The maximum atomic E-state index is 5.85. The Morgan fingerprint density at radius 1 is 1.00 bits per heavy atom. The van der Waals surface area contributed by atoms with E-state index in [1.165, 1.54) is 16.7 Å². The number of rotatable bonds is 5. The second kappa shape index (κ2) is 6.76. The predicted octanol–water partition coefficient (Wildman–Crippen LogP) is 5.29. The normalized spacial score (nSPS) is 10.5. The van der Waals surface area contributed by atoms with Gasteiger partial charge in [-0.25, -0.2) is 0 Å². The van der Waals surface area contributed by atoms with Crippen LogP contribution in [-0.4, -0.2) is 0 Å². The van der Waals surface area contributed by atoms with Gasteiger partial charge in [-0.3, -0.25) is 0 Å². The van der Waals surface area contributed by atoms with Crippen molar-refractivity contribution in [2.45, 2.75) is 33.3 Å². The molecular formula is C17H19BrO. The van der Waals surface area contributed by atoms with E-state index >= 15 is 0 Å². The first-order valence-corrected chi connectivity index (χ1v) is 7.45. The van der Waals surface area contributed by atoms with Gasteiger partial charge in [0, 0.05) is 0 Å². The first kappa shape index (κ1) is 14.1. The van der Waals surface area contributed by atoms with E-state index in [1.54, 1.807) is 0 Å². The Labute approximate surface area is 123 Å². The lowest BCUT2D eigenvalue weighted by Gasteiger charge is -2.10. The van der Waals surface area contributed by atoms with Crippen LogP contribution in [0.4, 0.5) is 0 Å². The Balaban J connectivity index is 2.01. The van der Waals surface area contributed by atoms with Crippen LogP contribution in [0.2, 0.25) is 0 Å². The van der Waals surface area contributed by atoms with Crippen molar-refractivity contribution in [3.05, 3.63) is 63.6 Å². The molecule has 2 aromatic carbocycles. The maximum absolute atomic E-state index is 5.85. The second-order valence-electron chi connectivity index (χ2n) is 4.79. The van der Waals surface area contributed by atoms with Crippen molar-refractivity contribution < 1.29 is 4.74 Å². The second-order valence-corrected chi connectivity index (χ2v) is 5.64. The van der Waals surface area contributed by atoms with Crippen LogP contribution in [0.5, 0.6) is 5.75 Å². The highest BCUT2D eigenvalue weighted by atomic mass is 79.9. The van der Waals surface area contributed by atoms with E-state index in [9.17, 15) is 0 Å². The third kappa shape index (κ3) is 4.10. The number of halogens is 1. The summed E-state index contributed by atoms with van der Waals surface area (Å²) < 4.78 is 6.88. The minimum Gasteiger partial charge on any atom is -0.488 e. The number of benzene rings is 2. The summed E-state index contributed by atoms with van der Waals surface area (Å²) in [6, 6.07) is 14.8. The van der Waals surface area contributed by atoms with E-state index in [1.807, 2.05) is 6.07 Å². The van der Waals surface area contributed by atoms with Crippen LogP contribution < -0.4 is 4.74 Å². The summed E-state index contributed by atoms with van der Waals surface area (Å²) in [4.78, 5) is 0. The van der Waals surface area contributed by atoms with Crippen LogP contribution in [0.25, 0.3) is 0 Å². The SMILES string of the molecule is CCCc1ccc(OCc2ccc(C)cc2)c(Br)c1. The lowest BCUT2D eigenvalue weighted by molar-refractivity contribution is 0.304. The van der Waals surface area contributed by atoms with Crippen LogP contribution in [0.1, 0.15) is 30.0 Å². The zero-order valence-corrected chi connectivity index (χ0v) is 13.0. The summed E-state index contributed by atoms with van der Waals surface area (Å²) in [6.07, 6.45) is 2.27. The average molecular weight is 319 g/mol. The standard InChI is InChI=1S/C17H19BrO/c1-3-4-14-9-10-17(16(18)11-14)19-12-15-7-5-13(2)6-8-15/h5-11H,3-4,12H2,1-2H3. The zero-order valence-electron chi connectivity index (χ0n) is 11.4. The van der Waals surface area contributed by atoms with E-state index in [0.717, 1.165) is 23.1 Å². The predicted molar refractivity (Wildman–Crippen MR) is 83.6 cm³/mol. The Hall–Kier alpha value is -1.28. The monoisotopic (exact) mass is 318 g/mol. The summed E-state index contributed by atoms with van der Waals surface area (Å²) in [5, 5.41) is 0. The van der Waals surface area contributed by atoms with Gasteiger partial charge in [-0.1, -0.05) is 49.2 Å². The van der Waals surface area contributed by atoms with E-state index in [0.29, 0.717) is 6.61 Å². The molecule has 0 unspecified atom stereocenters. The fraction of sp³-hybridized carbons (Fsp3) is 0.294. The van der Waals surface area contributed by atoms with Crippen molar-refractivity contribution in [3.8, 4) is 5.75 Å². The van der Waals surface area contributed by atoms with Gasteiger partial charge in [0.05, 0.1) is 4.47 Å². The van der Waals surface area contributed by atoms with E-state index < -0.39 is 0 Å². The van der Waals surface area contributed by atoms with Crippen molar-refractivity contribution in [3.63, 3.8) is 0 Å². The molecule has 0 amide bonds. The highest BCUT2D eigenvalue weighted by Gasteiger charge is 2.03. The van der Waals surface area contributed by atoms with Gasteiger partial charge in [-0.2, -0.15) is 0 Å². The lowest BCUT2D eigenvalue weighted by Crippen LogP contribution is -1.96. The van der Waals surface area contributed by atoms with Crippen LogP contribution >= 0.6 is 15.9 Å². The van der Waals surface area contributed by atoms with Gasteiger partial charge in [0.1, 0.15) is 12.4 Å². The average Bonchev–Trinajstić information content (AvgIpc) is 2.40. The highest BCUT2D eigenvalue weighted by Crippen LogP contribution is 2.27. The summed E-state index contributed by atoms with van der Waals surface area (Å²) in [7, 11) is 0. The lowest BCUT2D eigenvalue weighted by atomic mass is 10.1. The first-order chi connectivity index (χ1) is 9.19. The summed E-state index contributed by atoms with van der Waals surface area (Å²) in [6.45, 7) is 4.88. The molecule has 0 spiro atoms. The molecule has 2 heteroatoms. The van der Waals surface area contributed by atoms with E-state index in [-0.39, 0.29) is 0 Å². The van der Waals surface area contributed by atoms with Crippen molar-refractivity contribution in [1.82, 2.24) is 0 Å². The summed E-state index contributed by atoms with van der Waals surface area (Å²) in [5.41, 5.74) is 3.81. The van der Waals surface area contributed by atoms with Crippen LogP contribution in [0.3, 0.4) is 0 Å². The Kier molecular flexibility index (Phi) is 5.03. The van der Waals surface area contributed by atoms with Crippen LogP contribution in [-0.2, 0) is 13.0 Å². The van der Waals surface area contributed by atoms with Crippen molar-refractivity contribution >= 4 is 15.9 Å². The Morgan fingerprint density at radius 2 is 1.68 bits per heavy atom. The third-order valence-electron chi connectivity index (χ3n) is 3.05. The molecule has 0 radical (unpaired) electrons. The molecule has 0 aliphatic heterocycles. The molecule has 0 aliphatic carbocycles. The molecule has 0 atom stereocenters. The Morgan fingerprint density at radius 3 is 2.32 bits per heavy atom. The molecule has 2 rings (SSSR count). The van der Waals surface area contributed by atoms with Gasteiger partial charge >= 0.3 is 0 Å². The molecule has 0 aliphatic rings. The van der Waals surface area contributed by atoms with Gasteiger partial charge in [0.25, 0.3) is 0 Å². The molecule has 0 aromatic heterocycles. The van der Waals surface area contributed by atoms with Gasteiger partial charge in [0.2, 0.25) is 0 Å². The highest BCUT2D eigenvalue weighted by molar-refractivity contribution is 9.10. The molecule has 100 valence electrons. The minimum atomic E-state index is 0.603. The number of hydrogen-bond donors (Lipinski definition) is 0. The molecule has 19 heavy (non-hydrogen) atoms. The molecule has 0 saturated carbocycles. The van der Waals surface area contributed by atoms with Crippen molar-refractivity contribution in [2.24, 2.45) is 0 Å². The fourth-order valence-corrected chi connectivity index (χ4v) is 2.49. The van der Waals surface area contributed by atoms with Crippen LogP contribution in [0, 0.1) is 6.92 Å². The van der Waals surface area contributed by atoms with Crippen LogP contribution in [0.15, 0.2) is 46.9 Å². The zero-order chi connectivity index (χ0) is 13.7. The fourth-order valence-electron chi connectivity index (χ4n) is 1.95. The Bertz CT molecular complexity index is 531. The van der Waals surface area contributed by atoms with Gasteiger partial charge < -0.3 is 4.74 Å². The van der Waals surface area contributed by atoms with Gasteiger partial charge in [-0.05, 0) is 52.5 Å². The molecule has 0 bridgehead atoms.